The lowest BCUT2D eigenvalue weighted by molar-refractivity contribution is 0.0719. The van der Waals surface area contributed by atoms with Crippen molar-refractivity contribution in [1.29, 1.82) is 0 Å². The van der Waals surface area contributed by atoms with Crippen molar-refractivity contribution in [2.45, 2.75) is 19.3 Å². The highest BCUT2D eigenvalue weighted by Crippen LogP contribution is 2.27. The van der Waals surface area contributed by atoms with E-state index in [0.717, 1.165) is 36.5 Å². The van der Waals surface area contributed by atoms with Gasteiger partial charge in [-0.05, 0) is 47.8 Å². The number of piperidine rings is 1. The molecular weight excluding hydrogens is 300 g/mol. The normalized spacial score (nSPS) is 15.4. The van der Waals surface area contributed by atoms with Crippen LogP contribution in [0.15, 0.2) is 28.2 Å². The molecule has 0 N–H and O–H groups in total. The highest BCUT2D eigenvalue weighted by atomic mass is 32.1. The molecule has 1 aromatic carbocycles. The molecule has 0 bridgehead atoms. The summed E-state index contributed by atoms with van der Waals surface area (Å²) in [6.45, 7) is 1.67. The van der Waals surface area contributed by atoms with Crippen LogP contribution in [0.3, 0.4) is 0 Å². The Hall–Kier alpha value is -2.28. The number of hydrogen-bond acceptors (Lipinski definition) is 6. The van der Waals surface area contributed by atoms with E-state index in [0.29, 0.717) is 16.7 Å². The first kappa shape index (κ1) is 13.4. The standard InChI is InChI=1S/C15H14N4O2S/c20-15(19-6-2-1-3-7-19)13-9-22-14(16-13)10-4-5-11-12(8-10)18-21-17-11/h4-5,8-9H,1-3,6-7H2. The van der Waals surface area contributed by atoms with Crippen molar-refractivity contribution < 1.29 is 9.42 Å². The number of carbonyl (C=O) groups is 1. The van der Waals surface area contributed by atoms with E-state index >= 15 is 0 Å². The van der Waals surface area contributed by atoms with Crippen LogP contribution in [0, 0.1) is 0 Å². The van der Waals surface area contributed by atoms with Crippen molar-refractivity contribution in [3.8, 4) is 10.6 Å². The van der Waals surface area contributed by atoms with Crippen molar-refractivity contribution in [3.63, 3.8) is 0 Å². The molecule has 7 heteroatoms. The molecular formula is C15H14N4O2S. The van der Waals surface area contributed by atoms with Crippen LogP contribution in [0.5, 0.6) is 0 Å². The highest BCUT2D eigenvalue weighted by molar-refractivity contribution is 7.13. The minimum absolute atomic E-state index is 0.0337. The van der Waals surface area contributed by atoms with Gasteiger partial charge in [-0.2, -0.15) is 0 Å². The van der Waals surface area contributed by atoms with Gasteiger partial charge in [-0.3, -0.25) is 4.79 Å². The van der Waals surface area contributed by atoms with E-state index in [2.05, 4.69) is 15.3 Å². The molecule has 2 aromatic heterocycles. The molecule has 6 nitrogen and oxygen atoms in total. The van der Waals surface area contributed by atoms with Crippen molar-refractivity contribution in [2.75, 3.05) is 13.1 Å². The van der Waals surface area contributed by atoms with E-state index in [-0.39, 0.29) is 5.91 Å². The van der Waals surface area contributed by atoms with E-state index < -0.39 is 0 Å². The number of nitrogens with zero attached hydrogens (tertiary/aromatic N) is 4. The summed E-state index contributed by atoms with van der Waals surface area (Å²) in [4.78, 5) is 18.8. The maximum absolute atomic E-state index is 12.4. The molecule has 1 amide bonds. The van der Waals surface area contributed by atoms with Crippen LogP contribution in [-0.4, -0.2) is 39.2 Å². The summed E-state index contributed by atoms with van der Waals surface area (Å²) < 4.78 is 4.70. The van der Waals surface area contributed by atoms with E-state index in [4.69, 9.17) is 4.63 Å². The summed E-state index contributed by atoms with van der Waals surface area (Å²) in [6.07, 6.45) is 3.37. The average Bonchev–Trinajstić information content (AvgIpc) is 3.23. The zero-order valence-corrected chi connectivity index (χ0v) is 12.7. The Bertz CT molecular complexity index is 820. The number of thiazole rings is 1. The van der Waals surface area contributed by atoms with Gasteiger partial charge in [0.2, 0.25) is 0 Å². The van der Waals surface area contributed by atoms with Crippen LogP contribution in [-0.2, 0) is 0 Å². The number of carbonyl (C=O) groups excluding carboxylic acids is 1. The van der Waals surface area contributed by atoms with Crippen molar-refractivity contribution in [1.82, 2.24) is 20.2 Å². The Morgan fingerprint density at radius 3 is 2.82 bits per heavy atom. The number of likely N-dealkylation sites (tertiary alicyclic amines) is 1. The number of aromatic nitrogens is 3. The summed E-state index contributed by atoms with van der Waals surface area (Å²) in [5.41, 5.74) is 2.85. The fraction of sp³-hybridized carbons (Fsp3) is 0.333. The first-order valence-electron chi connectivity index (χ1n) is 7.29. The molecule has 0 saturated carbocycles. The van der Waals surface area contributed by atoms with Gasteiger partial charge in [-0.25, -0.2) is 9.61 Å². The van der Waals surface area contributed by atoms with E-state index in [1.807, 2.05) is 28.5 Å². The largest absolute Gasteiger partial charge is 0.337 e. The van der Waals surface area contributed by atoms with Gasteiger partial charge in [-0.1, -0.05) is 0 Å². The molecule has 1 aliphatic rings. The molecule has 1 saturated heterocycles. The molecule has 0 aliphatic carbocycles. The maximum Gasteiger partial charge on any atom is 0.273 e. The van der Waals surface area contributed by atoms with Crippen LogP contribution in [0.4, 0.5) is 0 Å². The number of amides is 1. The number of hydrogen-bond donors (Lipinski definition) is 0. The summed E-state index contributed by atoms with van der Waals surface area (Å²) in [7, 11) is 0. The predicted octanol–water partition coefficient (Wildman–Crippen LogP) is 2.97. The third kappa shape index (κ3) is 2.37. The smallest absolute Gasteiger partial charge is 0.273 e. The van der Waals surface area contributed by atoms with Crippen molar-refractivity contribution in [3.05, 3.63) is 29.3 Å². The molecule has 3 heterocycles. The number of rotatable bonds is 2. The Morgan fingerprint density at radius 2 is 1.95 bits per heavy atom. The highest BCUT2D eigenvalue weighted by Gasteiger charge is 2.21. The van der Waals surface area contributed by atoms with Gasteiger partial charge >= 0.3 is 0 Å². The van der Waals surface area contributed by atoms with Gasteiger partial charge in [0.05, 0.1) is 0 Å². The molecule has 0 unspecified atom stereocenters. The Labute approximate surface area is 130 Å². The molecule has 4 rings (SSSR count). The van der Waals surface area contributed by atoms with Crippen LogP contribution >= 0.6 is 11.3 Å². The summed E-state index contributed by atoms with van der Waals surface area (Å²) in [6, 6.07) is 5.63. The molecule has 112 valence electrons. The fourth-order valence-electron chi connectivity index (χ4n) is 2.68. The lowest BCUT2D eigenvalue weighted by Gasteiger charge is -2.25. The molecule has 0 spiro atoms. The Morgan fingerprint density at radius 1 is 1.14 bits per heavy atom. The minimum Gasteiger partial charge on any atom is -0.337 e. The minimum atomic E-state index is 0.0337. The summed E-state index contributed by atoms with van der Waals surface area (Å²) in [5, 5.41) is 10.3. The first-order valence-corrected chi connectivity index (χ1v) is 8.17. The van der Waals surface area contributed by atoms with E-state index in [1.54, 1.807) is 0 Å². The van der Waals surface area contributed by atoms with Gasteiger partial charge in [0.25, 0.3) is 5.91 Å². The lowest BCUT2D eigenvalue weighted by atomic mass is 10.1. The zero-order valence-electron chi connectivity index (χ0n) is 11.9. The monoisotopic (exact) mass is 314 g/mol. The third-order valence-electron chi connectivity index (χ3n) is 3.87. The molecule has 3 aromatic rings. The number of fused-ring (bicyclic) bond motifs is 1. The maximum atomic E-state index is 12.4. The summed E-state index contributed by atoms with van der Waals surface area (Å²) >= 11 is 1.47. The van der Waals surface area contributed by atoms with Crippen molar-refractivity contribution in [2.24, 2.45) is 0 Å². The van der Waals surface area contributed by atoms with E-state index in [1.165, 1.54) is 17.8 Å². The molecule has 0 atom stereocenters. The fourth-order valence-corrected chi connectivity index (χ4v) is 3.47. The second kappa shape index (κ2) is 5.49. The quantitative estimate of drug-likeness (QED) is 0.727. The second-order valence-electron chi connectivity index (χ2n) is 5.36. The Kier molecular flexibility index (Phi) is 3.34. The first-order chi connectivity index (χ1) is 10.8. The van der Waals surface area contributed by atoms with Crippen molar-refractivity contribution >= 4 is 28.3 Å². The SMILES string of the molecule is O=C(c1csc(-c2ccc3nonc3c2)n1)N1CCCCC1. The molecule has 22 heavy (non-hydrogen) atoms. The topological polar surface area (TPSA) is 72.1 Å². The second-order valence-corrected chi connectivity index (χ2v) is 6.22. The van der Waals surface area contributed by atoms with Gasteiger partial charge in [0.1, 0.15) is 21.7 Å². The van der Waals surface area contributed by atoms with E-state index in [9.17, 15) is 4.79 Å². The van der Waals surface area contributed by atoms with Gasteiger partial charge in [-0.15, -0.1) is 11.3 Å². The van der Waals surface area contributed by atoms with Crippen LogP contribution in [0.1, 0.15) is 29.8 Å². The summed E-state index contributed by atoms with van der Waals surface area (Å²) in [5.74, 6) is 0.0337. The molecule has 1 aliphatic heterocycles. The molecule has 1 fully saturated rings. The Balaban J connectivity index is 1.61. The lowest BCUT2D eigenvalue weighted by Crippen LogP contribution is -2.35. The third-order valence-corrected chi connectivity index (χ3v) is 4.76. The zero-order chi connectivity index (χ0) is 14.9. The van der Waals surface area contributed by atoms with Gasteiger partial charge in [0.15, 0.2) is 0 Å². The molecule has 0 radical (unpaired) electrons. The van der Waals surface area contributed by atoms with Crippen LogP contribution in [0.2, 0.25) is 0 Å². The van der Waals surface area contributed by atoms with Gasteiger partial charge < -0.3 is 4.90 Å². The van der Waals surface area contributed by atoms with Gasteiger partial charge in [0, 0.05) is 24.0 Å². The van der Waals surface area contributed by atoms with Crippen LogP contribution < -0.4 is 0 Å². The average molecular weight is 314 g/mol. The van der Waals surface area contributed by atoms with Crippen LogP contribution in [0.25, 0.3) is 21.6 Å². The predicted molar refractivity (Wildman–Crippen MR) is 82.7 cm³/mol. The number of benzene rings is 1.